The van der Waals surface area contributed by atoms with E-state index in [1.807, 2.05) is 30.0 Å². The number of carbonyl (C=O) groups excluding carboxylic acids is 2. The third-order valence-corrected chi connectivity index (χ3v) is 15.5. The zero-order chi connectivity index (χ0) is 36.1. The molecule has 2 amide bonds. The molecule has 3 heterocycles. The molecule has 2 aromatic rings. The Balaban J connectivity index is 1.26. The largest absolute Gasteiger partial charge is 0.490 e. The van der Waals surface area contributed by atoms with Gasteiger partial charge in [-0.25, -0.2) is 4.21 Å². The summed E-state index contributed by atoms with van der Waals surface area (Å²) < 4.78 is 23.5. The van der Waals surface area contributed by atoms with Gasteiger partial charge in [-0.1, -0.05) is 31.0 Å². The van der Waals surface area contributed by atoms with Crippen LogP contribution in [0.3, 0.4) is 0 Å². The van der Waals surface area contributed by atoms with Crippen LogP contribution < -0.4 is 14.4 Å². The molecule has 0 aromatic heterocycles. The lowest BCUT2D eigenvalue weighted by molar-refractivity contribution is -0.133. The maximum atomic E-state index is 14.0. The highest BCUT2D eigenvalue weighted by Gasteiger charge is 2.49. The SMILES string of the molecule is C=S1(=O)NC(=O)c2ccc3c(c2)N(C[C@@H]2CC[C@H]2[C@](O)(CN2CCN(C(C)=O)CC2)CCC[C@H](C)[C@H]1C)C[C@@]1(CCCc2cc(Cl)ccc21)CO3. The van der Waals surface area contributed by atoms with Crippen molar-refractivity contribution in [3.63, 3.8) is 0 Å². The highest BCUT2D eigenvalue weighted by atomic mass is 35.5. The lowest BCUT2D eigenvalue weighted by Gasteiger charge is -2.52. The van der Waals surface area contributed by atoms with Crippen LogP contribution in [0, 0.1) is 17.8 Å². The number of nitrogens with zero attached hydrogens (tertiary/aromatic N) is 3. The monoisotopic (exact) mass is 738 g/mol. The van der Waals surface area contributed by atoms with Crippen molar-refractivity contribution >= 4 is 44.7 Å². The fourth-order valence-corrected chi connectivity index (χ4v) is 11.4. The molecule has 7 atom stereocenters. The average Bonchev–Trinajstić information content (AvgIpc) is 3.22. The number of piperazine rings is 1. The number of ether oxygens (including phenoxy) is 1. The average molecular weight is 739 g/mol. The molecule has 51 heavy (non-hydrogen) atoms. The number of amides is 2. The van der Waals surface area contributed by atoms with E-state index in [1.165, 1.54) is 11.1 Å². The fraction of sp³-hybridized carbons (Fsp3) is 0.625. The van der Waals surface area contributed by atoms with Gasteiger partial charge in [0.05, 0.1) is 27.6 Å². The van der Waals surface area contributed by atoms with Crippen molar-refractivity contribution in [2.75, 3.05) is 57.3 Å². The Kier molecular flexibility index (Phi) is 10.2. The molecule has 2 N–H and O–H groups in total. The molecule has 1 spiro atoms. The second kappa shape index (κ2) is 14.2. The van der Waals surface area contributed by atoms with Crippen LogP contribution in [-0.4, -0.2) is 100 Å². The van der Waals surface area contributed by atoms with Gasteiger partial charge in [0.15, 0.2) is 0 Å². The molecule has 1 saturated carbocycles. The summed E-state index contributed by atoms with van der Waals surface area (Å²) in [6.07, 6.45) is 7.17. The van der Waals surface area contributed by atoms with E-state index in [0.717, 1.165) is 87.6 Å². The standard InChI is InChI=1S/C40H55ClN4O5S/c1-27-7-5-16-40(48,25-43-17-19-44(20-18-43)29(3)46)35-12-9-32(35)23-45-24-39(15-6-8-30-21-33(41)11-13-34(30)39)26-50-37-14-10-31(22-36(37)45)38(47)42-51(4,49)28(27)2/h10-11,13-14,21-22,27-28,32,35,48H,4-9,12,15-20,23-26H2,1-3H3,(H,42,47,49)/t27-,28+,32-,35+,39-,40+,51?/m0/s1. The molecule has 1 unspecified atom stereocenters. The lowest BCUT2D eigenvalue weighted by atomic mass is 9.62. The molecule has 2 fully saturated rings. The molecule has 2 bridgehead atoms. The lowest BCUT2D eigenvalue weighted by Crippen LogP contribution is -2.59. The number of hydrogen-bond acceptors (Lipinski definition) is 7. The molecule has 7 rings (SSSR count). The summed E-state index contributed by atoms with van der Waals surface area (Å²) >= 11 is 6.48. The van der Waals surface area contributed by atoms with Gasteiger partial charge in [-0.2, -0.15) is 0 Å². The van der Waals surface area contributed by atoms with Crippen molar-refractivity contribution in [2.24, 2.45) is 17.8 Å². The van der Waals surface area contributed by atoms with Crippen LogP contribution >= 0.6 is 11.6 Å². The van der Waals surface area contributed by atoms with Crippen molar-refractivity contribution < 1.29 is 23.6 Å². The van der Waals surface area contributed by atoms with Crippen LogP contribution in [0.15, 0.2) is 36.4 Å². The number of fused-ring (bicyclic) bond motifs is 4. The van der Waals surface area contributed by atoms with Crippen molar-refractivity contribution in [2.45, 2.75) is 88.4 Å². The first-order valence-electron chi connectivity index (χ1n) is 19.0. The fourth-order valence-electron chi connectivity index (χ4n) is 9.67. The first-order chi connectivity index (χ1) is 24.3. The van der Waals surface area contributed by atoms with Crippen LogP contribution in [0.1, 0.15) is 87.2 Å². The van der Waals surface area contributed by atoms with E-state index < -0.39 is 15.3 Å². The maximum Gasteiger partial charge on any atom is 0.262 e. The number of aryl methyl sites for hydroxylation is 1. The predicted molar refractivity (Wildman–Crippen MR) is 205 cm³/mol. The number of halogens is 1. The first-order valence-corrected chi connectivity index (χ1v) is 21.1. The van der Waals surface area contributed by atoms with Crippen molar-refractivity contribution in [3.05, 3.63) is 58.1 Å². The predicted octanol–water partition coefficient (Wildman–Crippen LogP) is 5.30. The Labute approximate surface area is 309 Å². The van der Waals surface area contributed by atoms with Gasteiger partial charge in [0.25, 0.3) is 5.91 Å². The first kappa shape index (κ1) is 36.6. The normalized spacial score (nSPS) is 34.7. The maximum absolute atomic E-state index is 14.0. The minimum atomic E-state index is -2.97. The molecule has 1 saturated heterocycles. The van der Waals surface area contributed by atoms with E-state index in [4.69, 9.17) is 16.3 Å². The number of anilines is 1. The number of β-amino-alcohol motifs (C(OH)–C–C–N with tert-alkyl or cyclic N) is 1. The van der Waals surface area contributed by atoms with Crippen molar-refractivity contribution in [1.29, 1.82) is 0 Å². The van der Waals surface area contributed by atoms with Crippen molar-refractivity contribution in [3.8, 4) is 5.75 Å². The van der Waals surface area contributed by atoms with Gasteiger partial charge >= 0.3 is 0 Å². The number of aliphatic hydroxyl groups is 1. The molecule has 2 aliphatic carbocycles. The second-order valence-electron chi connectivity index (χ2n) is 16.3. The Morgan fingerprint density at radius 3 is 2.59 bits per heavy atom. The van der Waals surface area contributed by atoms with Crippen LogP contribution in [-0.2, 0) is 26.3 Å². The summed E-state index contributed by atoms with van der Waals surface area (Å²) in [4.78, 5) is 32.5. The third kappa shape index (κ3) is 7.27. The second-order valence-corrected chi connectivity index (χ2v) is 19.2. The quantitative estimate of drug-likeness (QED) is 0.404. The summed E-state index contributed by atoms with van der Waals surface area (Å²) in [5.41, 5.74) is 2.68. The third-order valence-electron chi connectivity index (χ3n) is 13.1. The van der Waals surface area contributed by atoms with Crippen molar-refractivity contribution in [1.82, 2.24) is 14.5 Å². The number of carbonyl (C=O) groups is 2. The van der Waals surface area contributed by atoms with E-state index in [9.17, 15) is 18.9 Å². The summed E-state index contributed by atoms with van der Waals surface area (Å²) in [6, 6.07) is 11.8. The van der Waals surface area contributed by atoms with E-state index >= 15 is 0 Å². The van der Waals surface area contributed by atoms with Gasteiger partial charge in [-0.05, 0) is 117 Å². The Hall–Kier alpha value is -2.79. The van der Waals surface area contributed by atoms with Gasteiger partial charge in [-0.15, -0.1) is 0 Å². The molecule has 0 radical (unpaired) electrons. The van der Waals surface area contributed by atoms with Gasteiger partial charge in [0.2, 0.25) is 5.91 Å². The highest BCUT2D eigenvalue weighted by molar-refractivity contribution is 7.99. The molecule has 3 aliphatic heterocycles. The van der Waals surface area contributed by atoms with Gasteiger partial charge in [0, 0.05) is 74.0 Å². The molecule has 9 nitrogen and oxygen atoms in total. The highest BCUT2D eigenvalue weighted by Crippen LogP contribution is 2.49. The number of rotatable bonds is 2. The summed E-state index contributed by atoms with van der Waals surface area (Å²) in [5, 5.41) is 13.2. The Morgan fingerprint density at radius 2 is 1.86 bits per heavy atom. The number of hydrogen-bond donors (Lipinski definition) is 2. The molecule has 11 heteroatoms. The summed E-state index contributed by atoms with van der Waals surface area (Å²) in [6.45, 7) is 11.0. The molecular formula is C40H55ClN4O5S. The summed E-state index contributed by atoms with van der Waals surface area (Å²) in [7, 11) is -2.97. The zero-order valence-electron chi connectivity index (χ0n) is 30.5. The van der Waals surface area contributed by atoms with E-state index in [-0.39, 0.29) is 40.2 Å². The van der Waals surface area contributed by atoms with Crippen LogP contribution in [0.25, 0.3) is 0 Å². The molecule has 5 aliphatic rings. The van der Waals surface area contributed by atoms with Crippen LogP contribution in [0.2, 0.25) is 5.02 Å². The van der Waals surface area contributed by atoms with Gasteiger partial charge in [0.1, 0.15) is 5.75 Å². The summed E-state index contributed by atoms with van der Waals surface area (Å²) in [5.74, 6) is 4.88. The van der Waals surface area contributed by atoms with E-state index in [1.54, 1.807) is 13.0 Å². The van der Waals surface area contributed by atoms with Crippen LogP contribution in [0.4, 0.5) is 5.69 Å². The van der Waals surface area contributed by atoms with E-state index in [0.29, 0.717) is 38.2 Å². The number of nitrogens with one attached hydrogen (secondary N) is 1. The molecule has 278 valence electrons. The van der Waals surface area contributed by atoms with E-state index in [2.05, 4.69) is 39.4 Å². The Morgan fingerprint density at radius 1 is 1.08 bits per heavy atom. The van der Waals surface area contributed by atoms with Gasteiger partial charge < -0.3 is 19.6 Å². The minimum absolute atomic E-state index is 0.0316. The zero-order valence-corrected chi connectivity index (χ0v) is 32.1. The number of benzene rings is 2. The Bertz CT molecular complexity index is 1760. The molecule has 2 aromatic carbocycles. The molecular weight excluding hydrogens is 684 g/mol. The van der Waals surface area contributed by atoms with Crippen LogP contribution in [0.5, 0.6) is 5.75 Å². The smallest absolute Gasteiger partial charge is 0.262 e. The minimum Gasteiger partial charge on any atom is -0.490 e. The van der Waals surface area contributed by atoms with Gasteiger partial charge in [-0.3, -0.25) is 19.2 Å². The topological polar surface area (TPSA) is 102 Å².